The van der Waals surface area contributed by atoms with Gasteiger partial charge in [0.1, 0.15) is 17.7 Å². The first-order valence-electron chi connectivity index (χ1n) is 8.54. The Morgan fingerprint density at radius 2 is 1.96 bits per heavy atom. The van der Waals surface area contributed by atoms with E-state index in [2.05, 4.69) is 5.32 Å². The van der Waals surface area contributed by atoms with Crippen LogP contribution in [0.15, 0.2) is 54.7 Å². The molecule has 0 aliphatic heterocycles. The summed E-state index contributed by atoms with van der Waals surface area (Å²) in [6.07, 6.45) is 4.12. The highest BCUT2D eigenvalue weighted by Crippen LogP contribution is 2.21. The zero-order chi connectivity index (χ0) is 20.3. The van der Waals surface area contributed by atoms with Crippen LogP contribution in [0.5, 0.6) is 0 Å². The van der Waals surface area contributed by atoms with Gasteiger partial charge in [0.2, 0.25) is 5.91 Å². The molecule has 0 spiro atoms. The number of carboxylic acids is 1. The van der Waals surface area contributed by atoms with Crippen LogP contribution in [-0.4, -0.2) is 27.6 Å². The Morgan fingerprint density at radius 3 is 2.68 bits per heavy atom. The summed E-state index contributed by atoms with van der Waals surface area (Å²) in [5.41, 5.74) is 1.77. The van der Waals surface area contributed by atoms with Crippen LogP contribution < -0.4 is 5.32 Å². The highest BCUT2D eigenvalue weighted by molar-refractivity contribution is 5.94. The molecule has 144 valence electrons. The predicted octanol–water partition coefficient (Wildman–Crippen LogP) is 3.28. The molecule has 2 aromatic carbocycles. The van der Waals surface area contributed by atoms with Gasteiger partial charge in [-0.1, -0.05) is 18.2 Å². The first-order chi connectivity index (χ1) is 13.3. The molecule has 1 aromatic heterocycles. The Labute approximate surface area is 159 Å². The average molecular weight is 384 g/mol. The minimum atomic E-state index is -1.18. The van der Waals surface area contributed by atoms with Crippen LogP contribution in [0.2, 0.25) is 0 Å². The van der Waals surface area contributed by atoms with Gasteiger partial charge in [0.25, 0.3) is 0 Å². The molecule has 0 fully saturated rings. The second-order valence-electron chi connectivity index (χ2n) is 6.39. The number of para-hydroxylation sites is 1. The van der Waals surface area contributed by atoms with Crippen LogP contribution in [0.3, 0.4) is 0 Å². The zero-order valence-electron chi connectivity index (χ0n) is 15.0. The maximum atomic E-state index is 13.6. The number of amides is 1. The van der Waals surface area contributed by atoms with Gasteiger partial charge in [0.05, 0.1) is 0 Å². The molecule has 1 amide bonds. The number of nitrogens with zero attached hydrogens (tertiary/aromatic N) is 1. The van der Waals surface area contributed by atoms with Gasteiger partial charge in [-0.05, 0) is 29.8 Å². The molecule has 2 N–H and O–H groups in total. The molecule has 0 saturated heterocycles. The van der Waals surface area contributed by atoms with Crippen molar-refractivity contribution in [3.63, 3.8) is 0 Å². The molecule has 3 rings (SSSR count). The first-order valence-corrected chi connectivity index (χ1v) is 8.54. The minimum Gasteiger partial charge on any atom is -0.480 e. The maximum Gasteiger partial charge on any atom is 0.326 e. The number of rotatable bonds is 6. The number of nitrogens with one attached hydrogen (secondary N) is 1. The van der Waals surface area contributed by atoms with E-state index in [1.807, 2.05) is 42.1 Å². The molecule has 0 radical (unpaired) electrons. The number of carbonyl (C=O) groups is 2. The lowest BCUT2D eigenvalue weighted by molar-refractivity contribution is -0.141. The van der Waals surface area contributed by atoms with E-state index < -0.39 is 29.6 Å². The van der Waals surface area contributed by atoms with Crippen LogP contribution in [0.4, 0.5) is 8.78 Å². The monoisotopic (exact) mass is 384 g/mol. The van der Waals surface area contributed by atoms with Crippen molar-refractivity contribution in [2.24, 2.45) is 7.05 Å². The minimum absolute atomic E-state index is 0.0254. The molecule has 28 heavy (non-hydrogen) atoms. The number of aliphatic carboxylic acids is 1. The van der Waals surface area contributed by atoms with Crippen LogP contribution in [0.25, 0.3) is 17.0 Å². The molecule has 0 bridgehead atoms. The lowest BCUT2D eigenvalue weighted by Gasteiger charge is -2.13. The SMILES string of the molecule is Cn1cc(C[C@H](NC(=O)/C=C/c2ccc(F)cc2F)C(=O)O)c2ccccc21. The van der Waals surface area contributed by atoms with Gasteiger partial charge < -0.3 is 15.0 Å². The fourth-order valence-electron chi connectivity index (χ4n) is 3.03. The first kappa shape index (κ1) is 19.3. The van der Waals surface area contributed by atoms with Crippen molar-refractivity contribution in [3.05, 3.63) is 77.5 Å². The van der Waals surface area contributed by atoms with Crippen molar-refractivity contribution in [3.8, 4) is 0 Å². The van der Waals surface area contributed by atoms with Crippen molar-refractivity contribution in [1.82, 2.24) is 9.88 Å². The summed E-state index contributed by atoms with van der Waals surface area (Å²) in [5, 5.41) is 12.8. The Bertz CT molecular complexity index is 1070. The third kappa shape index (κ3) is 4.25. The summed E-state index contributed by atoms with van der Waals surface area (Å²) in [4.78, 5) is 23.7. The van der Waals surface area contributed by atoms with Gasteiger partial charge in [-0.2, -0.15) is 0 Å². The largest absolute Gasteiger partial charge is 0.480 e. The molecule has 5 nitrogen and oxygen atoms in total. The van der Waals surface area contributed by atoms with Gasteiger partial charge in [-0.15, -0.1) is 0 Å². The summed E-state index contributed by atoms with van der Waals surface area (Å²) < 4.78 is 28.4. The van der Waals surface area contributed by atoms with Crippen LogP contribution in [0.1, 0.15) is 11.1 Å². The van der Waals surface area contributed by atoms with Gasteiger partial charge in [-0.25, -0.2) is 13.6 Å². The smallest absolute Gasteiger partial charge is 0.326 e. The third-order valence-corrected chi connectivity index (χ3v) is 4.39. The van der Waals surface area contributed by atoms with E-state index in [0.29, 0.717) is 6.07 Å². The van der Waals surface area contributed by atoms with Crippen molar-refractivity contribution in [2.75, 3.05) is 0 Å². The molecule has 3 aromatic rings. The fraction of sp³-hybridized carbons (Fsp3) is 0.143. The van der Waals surface area contributed by atoms with E-state index in [1.165, 1.54) is 12.1 Å². The predicted molar refractivity (Wildman–Crippen MR) is 102 cm³/mol. The van der Waals surface area contributed by atoms with Crippen LogP contribution in [0, 0.1) is 11.6 Å². The molecule has 0 unspecified atom stereocenters. The van der Waals surface area contributed by atoms with Crippen molar-refractivity contribution in [2.45, 2.75) is 12.5 Å². The normalized spacial score (nSPS) is 12.4. The topological polar surface area (TPSA) is 71.3 Å². The molecular weight excluding hydrogens is 366 g/mol. The molecule has 1 atom stereocenters. The number of fused-ring (bicyclic) bond motifs is 1. The summed E-state index contributed by atoms with van der Waals surface area (Å²) >= 11 is 0. The summed E-state index contributed by atoms with van der Waals surface area (Å²) in [6.45, 7) is 0. The molecular formula is C21H18F2N2O3. The van der Waals surface area contributed by atoms with Gasteiger partial charge >= 0.3 is 5.97 Å². The van der Waals surface area contributed by atoms with Crippen LogP contribution in [-0.2, 0) is 23.1 Å². The lowest BCUT2D eigenvalue weighted by Crippen LogP contribution is -2.41. The number of aryl methyl sites for hydroxylation is 1. The third-order valence-electron chi connectivity index (χ3n) is 4.39. The number of halogens is 2. The highest BCUT2D eigenvalue weighted by Gasteiger charge is 2.21. The zero-order valence-corrected chi connectivity index (χ0v) is 15.0. The van der Waals surface area contributed by atoms with Crippen LogP contribution >= 0.6 is 0 Å². The van der Waals surface area contributed by atoms with E-state index in [1.54, 1.807) is 0 Å². The maximum absolute atomic E-state index is 13.6. The Morgan fingerprint density at radius 1 is 1.21 bits per heavy atom. The van der Waals surface area contributed by atoms with Crippen molar-refractivity contribution in [1.29, 1.82) is 0 Å². The number of hydrogen-bond donors (Lipinski definition) is 2. The number of aromatic nitrogens is 1. The second kappa shape index (κ2) is 8.04. The standard InChI is InChI=1S/C21H18F2N2O3/c1-25-12-14(16-4-2-3-5-19(16)25)10-18(21(27)28)24-20(26)9-7-13-6-8-15(22)11-17(13)23/h2-9,11-12,18H,10H2,1H3,(H,24,26)(H,27,28)/b9-7+/t18-/m0/s1. The number of hydrogen-bond acceptors (Lipinski definition) is 2. The quantitative estimate of drug-likeness (QED) is 0.641. The second-order valence-corrected chi connectivity index (χ2v) is 6.39. The molecule has 0 aliphatic carbocycles. The van der Waals surface area contributed by atoms with E-state index in [4.69, 9.17) is 0 Å². The van der Waals surface area contributed by atoms with Crippen molar-refractivity contribution < 1.29 is 23.5 Å². The van der Waals surface area contributed by atoms with Crippen molar-refractivity contribution >= 4 is 28.9 Å². The van der Waals surface area contributed by atoms with E-state index in [-0.39, 0.29) is 12.0 Å². The molecule has 7 heteroatoms. The van der Waals surface area contributed by atoms with Gasteiger partial charge in [0.15, 0.2) is 0 Å². The van der Waals surface area contributed by atoms with Gasteiger partial charge in [-0.3, -0.25) is 4.79 Å². The molecule has 0 saturated carbocycles. The van der Waals surface area contributed by atoms with E-state index in [0.717, 1.165) is 28.6 Å². The summed E-state index contributed by atoms with van der Waals surface area (Å²) in [6, 6.07) is 9.39. The van der Waals surface area contributed by atoms with Gasteiger partial charge in [0, 0.05) is 48.3 Å². The van der Waals surface area contributed by atoms with E-state index in [9.17, 15) is 23.5 Å². The summed E-state index contributed by atoms with van der Waals surface area (Å²) in [5.74, 6) is -3.39. The Balaban J connectivity index is 1.74. The number of carbonyl (C=O) groups excluding carboxylic acids is 1. The fourth-order valence-corrected chi connectivity index (χ4v) is 3.03. The highest BCUT2D eigenvalue weighted by atomic mass is 19.1. The number of carboxylic acid groups (broad SMARTS) is 1. The number of benzene rings is 2. The van der Waals surface area contributed by atoms with E-state index >= 15 is 0 Å². The lowest BCUT2D eigenvalue weighted by atomic mass is 10.0. The molecule has 0 aliphatic rings. The Kier molecular flexibility index (Phi) is 5.54. The average Bonchev–Trinajstić information content (AvgIpc) is 2.96. The summed E-state index contributed by atoms with van der Waals surface area (Å²) in [7, 11) is 1.86. The Hall–Kier alpha value is -3.48. The molecule has 1 heterocycles.